The first kappa shape index (κ1) is 13.1. The Morgan fingerprint density at radius 3 is 2.80 bits per heavy atom. The van der Waals surface area contributed by atoms with Crippen molar-refractivity contribution in [3.8, 4) is 11.4 Å². The Labute approximate surface area is 119 Å². The molecule has 1 fully saturated rings. The number of nitrogen functional groups attached to an aromatic ring is 1. The van der Waals surface area contributed by atoms with Gasteiger partial charge in [-0.05, 0) is 47.7 Å². The van der Waals surface area contributed by atoms with Crippen molar-refractivity contribution in [3.63, 3.8) is 0 Å². The van der Waals surface area contributed by atoms with Gasteiger partial charge in [-0.1, -0.05) is 31.9 Å². The number of rotatable bonds is 2. The van der Waals surface area contributed by atoms with Gasteiger partial charge in [-0.15, -0.1) is 5.10 Å². The normalized spacial score (nSPS) is 22.9. The van der Waals surface area contributed by atoms with Gasteiger partial charge in [0.25, 0.3) is 0 Å². The Bertz CT molecular complexity index is 604. The van der Waals surface area contributed by atoms with E-state index in [4.69, 9.17) is 5.73 Å². The summed E-state index contributed by atoms with van der Waals surface area (Å²) < 4.78 is 1.99. The molecule has 2 aromatic rings. The average molecular weight is 271 g/mol. The number of aryl methyl sites for hydroxylation is 1. The number of aromatic nitrogens is 4. The topological polar surface area (TPSA) is 69.6 Å². The molecular weight excluding hydrogens is 250 g/mol. The van der Waals surface area contributed by atoms with Crippen molar-refractivity contribution >= 4 is 5.69 Å². The molecule has 5 heteroatoms. The fourth-order valence-electron chi connectivity index (χ4n) is 3.05. The third-order valence-electron chi connectivity index (χ3n) is 4.41. The van der Waals surface area contributed by atoms with E-state index in [1.54, 1.807) is 0 Å². The maximum absolute atomic E-state index is 6.00. The van der Waals surface area contributed by atoms with Gasteiger partial charge in [0.15, 0.2) is 5.82 Å². The Hall–Kier alpha value is -1.91. The van der Waals surface area contributed by atoms with Crippen molar-refractivity contribution in [1.29, 1.82) is 0 Å². The monoisotopic (exact) mass is 271 g/mol. The van der Waals surface area contributed by atoms with Crippen molar-refractivity contribution in [1.82, 2.24) is 20.2 Å². The summed E-state index contributed by atoms with van der Waals surface area (Å²) in [6.45, 7) is 4.30. The van der Waals surface area contributed by atoms with Gasteiger partial charge in [-0.3, -0.25) is 0 Å². The molecule has 1 aromatic carbocycles. The summed E-state index contributed by atoms with van der Waals surface area (Å²) in [5, 5.41) is 12.3. The van der Waals surface area contributed by atoms with Crippen molar-refractivity contribution in [2.24, 2.45) is 5.92 Å². The lowest BCUT2D eigenvalue weighted by Gasteiger charge is -2.29. The molecule has 1 heterocycles. The number of benzene rings is 1. The van der Waals surface area contributed by atoms with Crippen LogP contribution in [-0.2, 0) is 0 Å². The summed E-state index contributed by atoms with van der Waals surface area (Å²) in [4.78, 5) is 0. The minimum atomic E-state index is 0.399. The van der Waals surface area contributed by atoms with Gasteiger partial charge < -0.3 is 5.73 Å². The first-order chi connectivity index (χ1) is 9.66. The fourth-order valence-corrected chi connectivity index (χ4v) is 3.05. The van der Waals surface area contributed by atoms with Crippen LogP contribution in [0.1, 0.15) is 44.2 Å². The van der Waals surface area contributed by atoms with Gasteiger partial charge in [0.1, 0.15) is 0 Å². The smallest absolute Gasteiger partial charge is 0.182 e. The van der Waals surface area contributed by atoms with Crippen LogP contribution in [0, 0.1) is 12.8 Å². The summed E-state index contributed by atoms with van der Waals surface area (Å²) in [5.41, 5.74) is 8.87. The van der Waals surface area contributed by atoms with Gasteiger partial charge >= 0.3 is 0 Å². The van der Waals surface area contributed by atoms with Crippen molar-refractivity contribution in [3.05, 3.63) is 23.8 Å². The zero-order chi connectivity index (χ0) is 14.1. The van der Waals surface area contributed by atoms with Gasteiger partial charge in [0, 0.05) is 11.3 Å². The van der Waals surface area contributed by atoms with Gasteiger partial charge in [0.05, 0.1) is 6.04 Å². The number of hydrogen-bond donors (Lipinski definition) is 1. The Kier molecular flexibility index (Phi) is 3.42. The quantitative estimate of drug-likeness (QED) is 0.852. The second-order valence-electron chi connectivity index (χ2n) is 5.85. The van der Waals surface area contributed by atoms with E-state index in [1.165, 1.54) is 19.3 Å². The standard InChI is InChI=1S/C15H21N5/c1-10-7-8-12(9-13(10)16)15-17-18-19-20(15)14-6-4-3-5-11(14)2/h7-9,11,14H,3-6,16H2,1-2H3. The number of nitrogens with two attached hydrogens (primary N) is 1. The molecule has 0 spiro atoms. The molecule has 1 aliphatic carbocycles. The van der Waals surface area contributed by atoms with Crippen LogP contribution in [0.15, 0.2) is 18.2 Å². The first-order valence-electron chi connectivity index (χ1n) is 7.31. The van der Waals surface area contributed by atoms with Crippen LogP contribution in [0.4, 0.5) is 5.69 Å². The van der Waals surface area contributed by atoms with Crippen LogP contribution in [0.5, 0.6) is 0 Å². The second-order valence-corrected chi connectivity index (χ2v) is 5.85. The summed E-state index contributed by atoms with van der Waals surface area (Å²) in [5.74, 6) is 1.45. The van der Waals surface area contributed by atoms with E-state index in [1.807, 2.05) is 29.8 Å². The molecule has 1 aromatic heterocycles. The van der Waals surface area contributed by atoms with E-state index in [0.717, 1.165) is 29.1 Å². The highest BCUT2D eigenvalue weighted by Gasteiger charge is 2.26. The largest absolute Gasteiger partial charge is 0.398 e. The molecule has 2 unspecified atom stereocenters. The fraction of sp³-hybridized carbons (Fsp3) is 0.533. The Balaban J connectivity index is 1.98. The highest BCUT2D eigenvalue weighted by molar-refractivity contribution is 5.63. The minimum Gasteiger partial charge on any atom is -0.398 e. The summed E-state index contributed by atoms with van der Waals surface area (Å²) >= 11 is 0. The maximum Gasteiger partial charge on any atom is 0.182 e. The van der Waals surface area contributed by atoms with Crippen LogP contribution in [0.3, 0.4) is 0 Å². The highest BCUT2D eigenvalue weighted by atomic mass is 15.5. The Morgan fingerprint density at radius 2 is 2.05 bits per heavy atom. The van der Waals surface area contributed by atoms with Gasteiger partial charge in [-0.2, -0.15) is 0 Å². The molecule has 0 aliphatic heterocycles. The number of nitrogens with zero attached hydrogens (tertiary/aromatic N) is 4. The molecule has 2 atom stereocenters. The van der Waals surface area contributed by atoms with E-state index in [0.29, 0.717) is 12.0 Å². The molecule has 0 saturated heterocycles. The summed E-state index contributed by atoms with van der Waals surface area (Å²) in [7, 11) is 0. The number of tetrazole rings is 1. The third-order valence-corrected chi connectivity index (χ3v) is 4.41. The average Bonchev–Trinajstić information content (AvgIpc) is 2.91. The lowest BCUT2D eigenvalue weighted by Crippen LogP contribution is -2.23. The molecule has 0 radical (unpaired) electrons. The third kappa shape index (κ3) is 2.28. The van der Waals surface area contributed by atoms with Crippen molar-refractivity contribution in [2.45, 2.75) is 45.6 Å². The number of hydrogen-bond acceptors (Lipinski definition) is 4. The van der Waals surface area contributed by atoms with Crippen molar-refractivity contribution in [2.75, 3.05) is 5.73 Å². The lowest BCUT2D eigenvalue weighted by atomic mass is 9.86. The predicted octanol–water partition coefficient (Wildman–Crippen LogP) is 2.98. The highest BCUT2D eigenvalue weighted by Crippen LogP contribution is 2.35. The van der Waals surface area contributed by atoms with Crippen LogP contribution in [0.2, 0.25) is 0 Å². The van der Waals surface area contributed by atoms with Gasteiger partial charge in [-0.25, -0.2) is 4.68 Å². The summed E-state index contributed by atoms with van der Waals surface area (Å²) in [6, 6.07) is 6.43. The zero-order valence-electron chi connectivity index (χ0n) is 12.1. The summed E-state index contributed by atoms with van der Waals surface area (Å²) in [6.07, 6.45) is 4.97. The van der Waals surface area contributed by atoms with Crippen LogP contribution in [0.25, 0.3) is 11.4 Å². The SMILES string of the molecule is Cc1ccc(-c2nnnn2C2CCCCC2C)cc1N. The van der Waals surface area contributed by atoms with Crippen molar-refractivity contribution < 1.29 is 0 Å². The molecule has 106 valence electrons. The Morgan fingerprint density at radius 1 is 1.25 bits per heavy atom. The molecule has 5 nitrogen and oxygen atoms in total. The predicted molar refractivity (Wildman–Crippen MR) is 79.1 cm³/mol. The van der Waals surface area contributed by atoms with E-state index in [-0.39, 0.29) is 0 Å². The van der Waals surface area contributed by atoms with E-state index in [9.17, 15) is 0 Å². The molecule has 1 saturated carbocycles. The molecule has 2 N–H and O–H groups in total. The second kappa shape index (κ2) is 5.23. The van der Waals surface area contributed by atoms with Crippen LogP contribution in [-0.4, -0.2) is 20.2 Å². The minimum absolute atomic E-state index is 0.399. The van der Waals surface area contributed by atoms with E-state index in [2.05, 4.69) is 22.4 Å². The molecular formula is C15H21N5. The molecule has 0 amide bonds. The van der Waals surface area contributed by atoms with Crippen LogP contribution < -0.4 is 5.73 Å². The lowest BCUT2D eigenvalue weighted by molar-refractivity contribution is 0.239. The van der Waals surface area contributed by atoms with Crippen LogP contribution >= 0.6 is 0 Å². The van der Waals surface area contributed by atoms with E-state index < -0.39 is 0 Å². The van der Waals surface area contributed by atoms with E-state index >= 15 is 0 Å². The first-order valence-corrected chi connectivity index (χ1v) is 7.31. The number of anilines is 1. The zero-order valence-corrected chi connectivity index (χ0v) is 12.1. The molecule has 20 heavy (non-hydrogen) atoms. The molecule has 3 rings (SSSR count). The molecule has 0 bridgehead atoms. The molecule has 1 aliphatic rings. The maximum atomic E-state index is 6.00. The van der Waals surface area contributed by atoms with Gasteiger partial charge in [0.2, 0.25) is 0 Å².